The van der Waals surface area contributed by atoms with Crippen LogP contribution in [0.3, 0.4) is 0 Å². The Kier molecular flexibility index (Phi) is 7.47. The molecule has 1 fully saturated rings. The molecular weight excluding hydrogens is 481 g/mol. The number of carbonyl (C=O) groups is 2. The number of hydrogen-bond acceptors (Lipinski definition) is 4. The molecule has 192 valence electrons. The van der Waals surface area contributed by atoms with Gasteiger partial charge >= 0.3 is 0 Å². The maximum Gasteiger partial charge on any atom is 0.255 e. The summed E-state index contributed by atoms with van der Waals surface area (Å²) < 4.78 is 18.8. The number of rotatable bonds is 6. The van der Waals surface area contributed by atoms with E-state index >= 15 is 0 Å². The average Bonchev–Trinajstić information content (AvgIpc) is 2.94. The summed E-state index contributed by atoms with van der Waals surface area (Å²) in [6.45, 7) is 5.14. The summed E-state index contributed by atoms with van der Waals surface area (Å²) in [6, 6.07) is 26.3. The molecule has 7 heteroatoms. The van der Waals surface area contributed by atoms with Gasteiger partial charge < -0.3 is 20.3 Å². The Labute approximate surface area is 221 Å². The van der Waals surface area contributed by atoms with E-state index in [-0.39, 0.29) is 11.8 Å². The normalized spacial score (nSPS) is 13.2. The third-order valence-electron chi connectivity index (χ3n) is 6.54. The van der Waals surface area contributed by atoms with Gasteiger partial charge in [-0.25, -0.2) is 4.39 Å². The van der Waals surface area contributed by atoms with Gasteiger partial charge in [-0.3, -0.25) is 9.59 Å². The molecule has 1 aliphatic rings. The topological polar surface area (TPSA) is 70.7 Å². The number of aryl methyl sites for hydroxylation is 1. The number of carbonyl (C=O) groups excluding carboxylic acids is 2. The van der Waals surface area contributed by atoms with Crippen molar-refractivity contribution in [2.24, 2.45) is 0 Å². The smallest absolute Gasteiger partial charge is 0.255 e. The summed E-state index contributed by atoms with van der Waals surface area (Å²) in [5, 5.41) is 5.67. The first-order valence-corrected chi connectivity index (χ1v) is 12.5. The quantitative estimate of drug-likeness (QED) is 0.328. The first-order chi connectivity index (χ1) is 18.5. The van der Waals surface area contributed by atoms with Crippen LogP contribution in [0.4, 0.5) is 21.5 Å². The van der Waals surface area contributed by atoms with Crippen LogP contribution in [-0.2, 0) is 4.74 Å². The Hall–Kier alpha value is -4.49. The Morgan fingerprint density at radius 2 is 1.42 bits per heavy atom. The second-order valence-corrected chi connectivity index (χ2v) is 9.17. The molecule has 5 rings (SSSR count). The zero-order chi connectivity index (χ0) is 26.5. The van der Waals surface area contributed by atoms with E-state index in [1.807, 2.05) is 55.5 Å². The first kappa shape index (κ1) is 25.2. The maximum absolute atomic E-state index is 13.4. The molecule has 4 aromatic rings. The van der Waals surface area contributed by atoms with E-state index in [0.29, 0.717) is 16.8 Å². The number of nitrogens with zero attached hydrogens (tertiary/aromatic N) is 1. The van der Waals surface area contributed by atoms with E-state index < -0.39 is 5.82 Å². The molecule has 0 radical (unpaired) electrons. The first-order valence-electron chi connectivity index (χ1n) is 12.5. The number of amides is 2. The molecular formula is C31H28FN3O3. The van der Waals surface area contributed by atoms with Gasteiger partial charge in [0.15, 0.2) is 0 Å². The molecule has 0 aliphatic carbocycles. The van der Waals surface area contributed by atoms with Gasteiger partial charge in [0.05, 0.1) is 13.2 Å². The molecule has 0 unspecified atom stereocenters. The highest BCUT2D eigenvalue weighted by atomic mass is 19.1. The van der Waals surface area contributed by atoms with Gasteiger partial charge in [-0.1, -0.05) is 24.3 Å². The number of morpholine rings is 1. The van der Waals surface area contributed by atoms with Crippen molar-refractivity contribution in [1.82, 2.24) is 0 Å². The van der Waals surface area contributed by atoms with Gasteiger partial charge in [-0.2, -0.15) is 0 Å². The van der Waals surface area contributed by atoms with Crippen molar-refractivity contribution >= 4 is 28.9 Å². The molecule has 0 bridgehead atoms. The Morgan fingerprint density at radius 1 is 0.763 bits per heavy atom. The summed E-state index contributed by atoms with van der Waals surface area (Å²) in [7, 11) is 0. The predicted octanol–water partition coefficient (Wildman–Crippen LogP) is 6.14. The van der Waals surface area contributed by atoms with Gasteiger partial charge in [-0.05, 0) is 90.3 Å². The fraction of sp³-hybridized carbons (Fsp3) is 0.161. The summed E-state index contributed by atoms with van der Waals surface area (Å²) >= 11 is 0. The van der Waals surface area contributed by atoms with Crippen LogP contribution in [0.25, 0.3) is 11.1 Å². The molecule has 1 aliphatic heterocycles. The van der Waals surface area contributed by atoms with Crippen molar-refractivity contribution in [2.75, 3.05) is 41.8 Å². The fourth-order valence-corrected chi connectivity index (χ4v) is 4.43. The fourth-order valence-electron chi connectivity index (χ4n) is 4.43. The van der Waals surface area contributed by atoms with Gasteiger partial charge in [0.1, 0.15) is 5.82 Å². The lowest BCUT2D eigenvalue weighted by Gasteiger charge is -2.28. The molecule has 38 heavy (non-hydrogen) atoms. The Bertz CT molecular complexity index is 1450. The third-order valence-corrected chi connectivity index (χ3v) is 6.54. The van der Waals surface area contributed by atoms with Crippen LogP contribution in [0.5, 0.6) is 0 Å². The van der Waals surface area contributed by atoms with Crippen LogP contribution in [0, 0.1) is 12.7 Å². The summed E-state index contributed by atoms with van der Waals surface area (Å²) in [5.41, 5.74) is 6.00. The zero-order valence-corrected chi connectivity index (χ0v) is 21.0. The van der Waals surface area contributed by atoms with Crippen molar-refractivity contribution in [3.8, 4) is 11.1 Å². The molecule has 0 atom stereocenters. The SMILES string of the molecule is Cc1ccc(C(=O)Nc2ccc(N3CCOCC3)cc2)cc1-c1ccc(C(=O)Nc2cccc(F)c2)cc1. The number of hydrogen-bond donors (Lipinski definition) is 2. The molecule has 4 aromatic carbocycles. The highest BCUT2D eigenvalue weighted by Gasteiger charge is 2.14. The minimum absolute atomic E-state index is 0.198. The Balaban J connectivity index is 1.27. The summed E-state index contributed by atoms with van der Waals surface area (Å²) in [6.07, 6.45) is 0. The lowest BCUT2D eigenvalue weighted by atomic mass is 9.97. The average molecular weight is 510 g/mol. The minimum atomic E-state index is -0.414. The lowest BCUT2D eigenvalue weighted by Crippen LogP contribution is -2.36. The standard InChI is InChI=1S/C31H28FN3O3/c1-21-5-6-24(31(37)33-26-11-13-28(14-12-26)35-15-17-38-18-16-35)19-29(21)22-7-9-23(10-8-22)30(36)34-27-4-2-3-25(32)20-27/h2-14,19-20H,15-18H2,1H3,(H,33,37)(H,34,36). The van der Waals surface area contributed by atoms with Crippen molar-refractivity contribution in [2.45, 2.75) is 6.92 Å². The van der Waals surface area contributed by atoms with Gasteiger partial charge in [-0.15, -0.1) is 0 Å². The van der Waals surface area contributed by atoms with Gasteiger partial charge in [0.25, 0.3) is 11.8 Å². The predicted molar refractivity (Wildman–Crippen MR) is 148 cm³/mol. The number of nitrogens with one attached hydrogen (secondary N) is 2. The molecule has 1 saturated heterocycles. The van der Waals surface area contributed by atoms with E-state index in [0.717, 1.165) is 54.4 Å². The molecule has 1 heterocycles. The van der Waals surface area contributed by atoms with E-state index in [2.05, 4.69) is 15.5 Å². The monoisotopic (exact) mass is 509 g/mol. The van der Waals surface area contributed by atoms with Crippen molar-refractivity contribution < 1.29 is 18.7 Å². The van der Waals surface area contributed by atoms with E-state index in [9.17, 15) is 14.0 Å². The van der Waals surface area contributed by atoms with Crippen LogP contribution in [0.2, 0.25) is 0 Å². The molecule has 0 aromatic heterocycles. The van der Waals surface area contributed by atoms with E-state index in [1.165, 1.54) is 12.1 Å². The molecule has 0 spiro atoms. The Morgan fingerprint density at radius 3 is 2.13 bits per heavy atom. The maximum atomic E-state index is 13.4. The van der Waals surface area contributed by atoms with E-state index in [1.54, 1.807) is 30.3 Å². The van der Waals surface area contributed by atoms with Crippen LogP contribution in [0.15, 0.2) is 91.0 Å². The summed E-state index contributed by atoms with van der Waals surface area (Å²) in [5.74, 6) is -0.939. The van der Waals surface area contributed by atoms with Gasteiger partial charge in [0.2, 0.25) is 0 Å². The highest BCUT2D eigenvalue weighted by molar-refractivity contribution is 6.06. The molecule has 0 saturated carbocycles. The van der Waals surface area contributed by atoms with Crippen molar-refractivity contribution in [3.05, 3.63) is 114 Å². The van der Waals surface area contributed by atoms with Crippen LogP contribution in [0.1, 0.15) is 26.3 Å². The van der Waals surface area contributed by atoms with Crippen LogP contribution < -0.4 is 15.5 Å². The molecule has 2 amide bonds. The van der Waals surface area contributed by atoms with Crippen molar-refractivity contribution in [3.63, 3.8) is 0 Å². The largest absolute Gasteiger partial charge is 0.378 e. The highest BCUT2D eigenvalue weighted by Crippen LogP contribution is 2.26. The third kappa shape index (κ3) is 5.90. The van der Waals surface area contributed by atoms with Gasteiger partial charge in [0, 0.05) is 41.3 Å². The van der Waals surface area contributed by atoms with Crippen LogP contribution in [-0.4, -0.2) is 38.1 Å². The van der Waals surface area contributed by atoms with E-state index in [4.69, 9.17) is 4.74 Å². The second kappa shape index (κ2) is 11.3. The minimum Gasteiger partial charge on any atom is -0.378 e. The molecule has 6 nitrogen and oxygen atoms in total. The second-order valence-electron chi connectivity index (χ2n) is 9.17. The van der Waals surface area contributed by atoms with Crippen LogP contribution >= 0.6 is 0 Å². The number of anilines is 3. The molecule has 2 N–H and O–H groups in total. The van der Waals surface area contributed by atoms with Crippen molar-refractivity contribution in [1.29, 1.82) is 0 Å². The number of ether oxygens (including phenoxy) is 1. The number of benzene rings is 4. The lowest BCUT2D eigenvalue weighted by molar-refractivity contribution is 0.101. The zero-order valence-electron chi connectivity index (χ0n) is 21.0. The summed E-state index contributed by atoms with van der Waals surface area (Å²) in [4.78, 5) is 27.9. The number of halogens is 1.